The Balaban J connectivity index is 2.02. The second-order valence-corrected chi connectivity index (χ2v) is 7.75. The van der Waals surface area contributed by atoms with E-state index in [9.17, 15) is 12.8 Å². The first-order chi connectivity index (χ1) is 12.5. The Morgan fingerprint density at radius 1 is 1.08 bits per heavy atom. The van der Waals surface area contributed by atoms with Crippen LogP contribution in [0, 0.1) is 5.82 Å². The van der Waals surface area contributed by atoms with Crippen LogP contribution in [0.2, 0.25) is 0 Å². The van der Waals surface area contributed by atoms with Gasteiger partial charge in [0.15, 0.2) is 5.84 Å². The summed E-state index contributed by atoms with van der Waals surface area (Å²) in [5, 5.41) is 6.28. The van der Waals surface area contributed by atoms with Gasteiger partial charge >= 0.3 is 0 Å². The molecule has 1 heterocycles. The SMILES string of the molecule is CN(/C(=N/N1CCOCC1)c1ccc(F)cc1)S(=O)(=O)c1ccccc1. The maximum atomic E-state index is 13.3. The number of rotatable bonds is 4. The largest absolute Gasteiger partial charge is 0.378 e. The lowest BCUT2D eigenvalue weighted by Crippen LogP contribution is -2.39. The molecule has 0 spiro atoms. The lowest BCUT2D eigenvalue weighted by molar-refractivity contribution is 0.0390. The minimum atomic E-state index is -3.80. The number of hydrazone groups is 1. The Labute approximate surface area is 152 Å². The van der Waals surface area contributed by atoms with E-state index in [1.54, 1.807) is 23.2 Å². The van der Waals surface area contributed by atoms with Crippen molar-refractivity contribution in [2.75, 3.05) is 33.4 Å². The Morgan fingerprint density at radius 2 is 1.69 bits per heavy atom. The molecule has 0 amide bonds. The number of morpholine rings is 1. The van der Waals surface area contributed by atoms with Crippen LogP contribution in [0.25, 0.3) is 0 Å². The van der Waals surface area contributed by atoms with Crippen molar-refractivity contribution in [1.82, 2.24) is 9.31 Å². The number of nitrogens with zero attached hydrogens (tertiary/aromatic N) is 3. The molecule has 0 unspecified atom stereocenters. The van der Waals surface area contributed by atoms with E-state index in [0.717, 1.165) is 4.31 Å². The van der Waals surface area contributed by atoms with E-state index < -0.39 is 15.8 Å². The van der Waals surface area contributed by atoms with Crippen molar-refractivity contribution in [2.45, 2.75) is 4.90 Å². The van der Waals surface area contributed by atoms with Gasteiger partial charge in [-0.3, -0.25) is 9.31 Å². The molecular formula is C18H20FN3O3S. The predicted octanol–water partition coefficient (Wildman–Crippen LogP) is 2.14. The summed E-state index contributed by atoms with van der Waals surface area (Å²) in [6.45, 7) is 2.17. The molecule has 0 N–H and O–H groups in total. The molecule has 3 rings (SSSR count). The molecule has 2 aromatic rings. The van der Waals surface area contributed by atoms with Gasteiger partial charge in [0.1, 0.15) is 5.82 Å². The number of benzene rings is 2. The number of amidine groups is 1. The van der Waals surface area contributed by atoms with Crippen molar-refractivity contribution in [2.24, 2.45) is 5.10 Å². The van der Waals surface area contributed by atoms with Crippen LogP contribution in [0.3, 0.4) is 0 Å². The number of hydrogen-bond acceptors (Lipinski definition) is 5. The second-order valence-electron chi connectivity index (χ2n) is 5.78. The second kappa shape index (κ2) is 7.84. The summed E-state index contributed by atoms with van der Waals surface area (Å²) in [4.78, 5) is 0.166. The molecule has 1 saturated heterocycles. The van der Waals surface area contributed by atoms with Gasteiger partial charge in [0.25, 0.3) is 10.0 Å². The third-order valence-corrected chi connectivity index (χ3v) is 5.79. The van der Waals surface area contributed by atoms with E-state index in [1.165, 1.54) is 43.4 Å². The van der Waals surface area contributed by atoms with Gasteiger partial charge in [-0.15, -0.1) is 0 Å². The molecule has 0 saturated carbocycles. The number of halogens is 1. The van der Waals surface area contributed by atoms with Crippen LogP contribution in [-0.4, -0.2) is 56.9 Å². The summed E-state index contributed by atoms with van der Waals surface area (Å²) >= 11 is 0. The standard InChI is InChI=1S/C18H20FN3O3S/c1-21(26(23,24)17-5-3-2-4-6-17)18(15-7-9-16(19)10-8-15)20-22-11-13-25-14-12-22/h2-10H,11-14H2,1H3/b20-18+. The van der Waals surface area contributed by atoms with Crippen LogP contribution >= 0.6 is 0 Å². The number of sulfonamides is 1. The molecule has 0 radical (unpaired) electrons. The third kappa shape index (κ3) is 4.03. The van der Waals surface area contributed by atoms with Crippen molar-refractivity contribution >= 4 is 15.9 Å². The normalized spacial score (nSPS) is 15.8. The summed E-state index contributed by atoms with van der Waals surface area (Å²) in [5.74, 6) is -0.163. The molecular weight excluding hydrogens is 357 g/mol. The first kappa shape index (κ1) is 18.3. The van der Waals surface area contributed by atoms with Crippen LogP contribution in [-0.2, 0) is 14.8 Å². The summed E-state index contributed by atoms with van der Waals surface area (Å²) in [5.41, 5.74) is 0.514. The molecule has 0 aliphatic carbocycles. The molecule has 2 aromatic carbocycles. The molecule has 1 aliphatic heterocycles. The van der Waals surface area contributed by atoms with E-state index in [-0.39, 0.29) is 10.7 Å². The van der Waals surface area contributed by atoms with Gasteiger partial charge in [-0.25, -0.2) is 12.8 Å². The topological polar surface area (TPSA) is 62.2 Å². The van der Waals surface area contributed by atoms with Crippen molar-refractivity contribution in [3.63, 3.8) is 0 Å². The van der Waals surface area contributed by atoms with E-state index in [0.29, 0.717) is 31.9 Å². The van der Waals surface area contributed by atoms with Crippen molar-refractivity contribution < 1.29 is 17.5 Å². The highest BCUT2D eigenvalue weighted by molar-refractivity contribution is 7.89. The first-order valence-electron chi connectivity index (χ1n) is 8.20. The van der Waals surface area contributed by atoms with Gasteiger partial charge in [-0.2, -0.15) is 5.10 Å². The lowest BCUT2D eigenvalue weighted by Gasteiger charge is -2.28. The molecule has 1 aliphatic rings. The predicted molar refractivity (Wildman–Crippen MR) is 96.7 cm³/mol. The van der Waals surface area contributed by atoms with Crippen molar-refractivity contribution in [3.8, 4) is 0 Å². The fraction of sp³-hybridized carbons (Fsp3) is 0.278. The van der Waals surface area contributed by atoms with E-state index in [2.05, 4.69) is 5.10 Å². The zero-order chi connectivity index (χ0) is 18.6. The highest BCUT2D eigenvalue weighted by Gasteiger charge is 2.26. The number of hydrogen-bond donors (Lipinski definition) is 0. The molecule has 0 bridgehead atoms. The molecule has 6 nitrogen and oxygen atoms in total. The zero-order valence-corrected chi connectivity index (χ0v) is 15.2. The summed E-state index contributed by atoms with van der Waals surface area (Å²) in [6.07, 6.45) is 0. The van der Waals surface area contributed by atoms with Gasteiger partial charge in [0, 0.05) is 12.6 Å². The van der Waals surface area contributed by atoms with Gasteiger partial charge in [0.05, 0.1) is 31.2 Å². The van der Waals surface area contributed by atoms with Crippen LogP contribution < -0.4 is 0 Å². The Morgan fingerprint density at radius 3 is 2.31 bits per heavy atom. The minimum absolute atomic E-state index is 0.166. The van der Waals surface area contributed by atoms with Crippen LogP contribution in [0.1, 0.15) is 5.56 Å². The smallest absolute Gasteiger partial charge is 0.265 e. The minimum Gasteiger partial charge on any atom is -0.378 e. The average molecular weight is 377 g/mol. The molecule has 0 aromatic heterocycles. The van der Waals surface area contributed by atoms with E-state index in [4.69, 9.17) is 4.74 Å². The zero-order valence-electron chi connectivity index (χ0n) is 14.4. The van der Waals surface area contributed by atoms with Crippen molar-refractivity contribution in [1.29, 1.82) is 0 Å². The van der Waals surface area contributed by atoms with Gasteiger partial charge in [-0.1, -0.05) is 18.2 Å². The lowest BCUT2D eigenvalue weighted by atomic mass is 10.2. The fourth-order valence-electron chi connectivity index (χ4n) is 2.55. The van der Waals surface area contributed by atoms with Gasteiger partial charge in [0.2, 0.25) is 0 Å². The van der Waals surface area contributed by atoms with Crippen molar-refractivity contribution in [3.05, 3.63) is 66.0 Å². The monoisotopic (exact) mass is 377 g/mol. The van der Waals surface area contributed by atoms with Crippen LogP contribution in [0.15, 0.2) is 64.6 Å². The van der Waals surface area contributed by atoms with Crippen LogP contribution in [0.4, 0.5) is 4.39 Å². The molecule has 26 heavy (non-hydrogen) atoms. The highest BCUT2D eigenvalue weighted by Crippen LogP contribution is 2.18. The molecule has 0 atom stereocenters. The molecule has 138 valence electrons. The maximum absolute atomic E-state index is 13.3. The summed E-state index contributed by atoms with van der Waals surface area (Å²) in [7, 11) is -2.35. The van der Waals surface area contributed by atoms with E-state index in [1.807, 2.05) is 0 Å². The molecule has 1 fully saturated rings. The Hall–Kier alpha value is -2.45. The quantitative estimate of drug-likeness (QED) is 0.605. The van der Waals surface area contributed by atoms with Crippen LogP contribution in [0.5, 0.6) is 0 Å². The highest BCUT2D eigenvalue weighted by atomic mass is 32.2. The molecule has 8 heteroatoms. The Kier molecular flexibility index (Phi) is 5.53. The summed E-state index contributed by atoms with van der Waals surface area (Å²) in [6, 6.07) is 13.7. The average Bonchev–Trinajstić information content (AvgIpc) is 2.68. The first-order valence-corrected chi connectivity index (χ1v) is 9.64. The number of ether oxygens (including phenoxy) is 1. The third-order valence-electron chi connectivity index (χ3n) is 4.03. The van der Waals surface area contributed by atoms with Gasteiger partial charge < -0.3 is 4.74 Å². The van der Waals surface area contributed by atoms with E-state index >= 15 is 0 Å². The van der Waals surface area contributed by atoms with Gasteiger partial charge in [-0.05, 0) is 36.4 Å². The fourth-order valence-corrected chi connectivity index (χ4v) is 3.74. The summed E-state index contributed by atoms with van der Waals surface area (Å²) < 4.78 is 45.7. The Bertz CT molecular complexity index is 864. The maximum Gasteiger partial charge on any atom is 0.265 e.